The van der Waals surface area contributed by atoms with Crippen LogP contribution >= 0.6 is 11.6 Å². The molecule has 0 saturated carbocycles. The normalized spacial score (nSPS) is 12.4. The van der Waals surface area contributed by atoms with Crippen molar-refractivity contribution < 1.29 is 4.92 Å². The van der Waals surface area contributed by atoms with Gasteiger partial charge in [0, 0.05) is 17.7 Å². The van der Waals surface area contributed by atoms with Crippen molar-refractivity contribution in [2.75, 3.05) is 7.05 Å². The molecule has 0 fully saturated rings. The molecule has 5 heteroatoms. The second-order valence-electron chi connectivity index (χ2n) is 4.31. The molecule has 0 aliphatic heterocycles. The highest BCUT2D eigenvalue weighted by Crippen LogP contribution is 2.28. The van der Waals surface area contributed by atoms with Gasteiger partial charge in [0.15, 0.2) is 0 Å². The molecule has 1 unspecified atom stereocenters. The van der Waals surface area contributed by atoms with Crippen LogP contribution in [0.2, 0.25) is 5.02 Å². The van der Waals surface area contributed by atoms with Gasteiger partial charge in [0.2, 0.25) is 0 Å². The lowest BCUT2D eigenvalue weighted by molar-refractivity contribution is -0.385. The Hall–Kier alpha value is -1.13. The van der Waals surface area contributed by atoms with E-state index in [1.807, 2.05) is 7.05 Å². The molecule has 1 rings (SSSR count). The van der Waals surface area contributed by atoms with Crippen molar-refractivity contribution in [1.29, 1.82) is 0 Å². The van der Waals surface area contributed by atoms with Gasteiger partial charge in [-0.25, -0.2) is 0 Å². The first-order chi connectivity index (χ1) is 8.60. The predicted octanol–water partition coefficient (Wildman–Crippen LogP) is 3.57. The number of halogens is 1. The fraction of sp³-hybridized carbons (Fsp3) is 0.538. The van der Waals surface area contributed by atoms with Crippen LogP contribution in [0.5, 0.6) is 0 Å². The van der Waals surface area contributed by atoms with Crippen molar-refractivity contribution >= 4 is 17.3 Å². The highest BCUT2D eigenvalue weighted by atomic mass is 35.5. The van der Waals surface area contributed by atoms with Gasteiger partial charge in [-0.15, -0.1) is 0 Å². The van der Waals surface area contributed by atoms with Crippen LogP contribution in [0.1, 0.15) is 31.7 Å². The molecule has 0 heterocycles. The van der Waals surface area contributed by atoms with Gasteiger partial charge in [-0.05, 0) is 32.4 Å². The van der Waals surface area contributed by atoms with Crippen molar-refractivity contribution in [2.24, 2.45) is 0 Å². The maximum absolute atomic E-state index is 10.9. The van der Waals surface area contributed by atoms with Crippen LogP contribution in [0, 0.1) is 10.1 Å². The number of benzene rings is 1. The van der Waals surface area contributed by atoms with Gasteiger partial charge in [0.25, 0.3) is 5.69 Å². The molecular weight excluding hydrogens is 252 g/mol. The molecule has 0 amide bonds. The third-order valence-electron chi connectivity index (χ3n) is 3.08. The van der Waals surface area contributed by atoms with E-state index in [4.69, 9.17) is 11.6 Å². The molecule has 0 bridgehead atoms. The van der Waals surface area contributed by atoms with Crippen LogP contribution < -0.4 is 5.32 Å². The van der Waals surface area contributed by atoms with Gasteiger partial charge < -0.3 is 5.32 Å². The molecule has 1 aromatic carbocycles. The zero-order valence-electron chi connectivity index (χ0n) is 10.8. The van der Waals surface area contributed by atoms with E-state index >= 15 is 0 Å². The van der Waals surface area contributed by atoms with Gasteiger partial charge in [0.05, 0.1) is 9.95 Å². The molecule has 0 aliphatic carbocycles. The Bertz CT molecular complexity index is 410. The monoisotopic (exact) mass is 270 g/mol. The summed E-state index contributed by atoms with van der Waals surface area (Å²) in [6, 6.07) is 5.21. The van der Waals surface area contributed by atoms with Crippen molar-refractivity contribution in [3.05, 3.63) is 38.9 Å². The average molecular weight is 271 g/mol. The molecule has 0 aromatic heterocycles. The summed E-state index contributed by atoms with van der Waals surface area (Å²) >= 11 is 6.05. The topological polar surface area (TPSA) is 55.2 Å². The lowest BCUT2D eigenvalue weighted by atomic mass is 10.0. The standard InChI is InChI=1S/C13H19ClN2O2/c1-3-5-10(15-2)8-9-11-12(14)6-4-7-13(11)16(17)18/h4,6-7,10,15H,3,5,8-9H2,1-2H3. The number of hydrogen-bond acceptors (Lipinski definition) is 3. The van der Waals surface area contributed by atoms with Crippen LogP contribution in [0.3, 0.4) is 0 Å². The number of nitro benzene ring substituents is 1. The Morgan fingerprint density at radius 2 is 2.17 bits per heavy atom. The first-order valence-electron chi connectivity index (χ1n) is 6.19. The fourth-order valence-corrected chi connectivity index (χ4v) is 2.33. The first kappa shape index (κ1) is 14.9. The van der Waals surface area contributed by atoms with Crippen LogP contribution in [-0.4, -0.2) is 18.0 Å². The number of hydrogen-bond donors (Lipinski definition) is 1. The minimum absolute atomic E-state index is 0.119. The highest BCUT2D eigenvalue weighted by Gasteiger charge is 2.17. The summed E-state index contributed by atoms with van der Waals surface area (Å²) < 4.78 is 0. The minimum atomic E-state index is -0.366. The summed E-state index contributed by atoms with van der Waals surface area (Å²) in [5, 5.41) is 14.7. The summed E-state index contributed by atoms with van der Waals surface area (Å²) in [6.45, 7) is 2.13. The molecule has 1 N–H and O–H groups in total. The third-order valence-corrected chi connectivity index (χ3v) is 3.43. The molecule has 0 saturated heterocycles. The minimum Gasteiger partial charge on any atom is -0.317 e. The molecule has 18 heavy (non-hydrogen) atoms. The number of rotatable bonds is 7. The molecule has 1 aromatic rings. The van der Waals surface area contributed by atoms with Crippen LogP contribution in [-0.2, 0) is 6.42 Å². The smallest absolute Gasteiger partial charge is 0.274 e. The zero-order valence-corrected chi connectivity index (χ0v) is 11.5. The maximum Gasteiger partial charge on any atom is 0.274 e. The Morgan fingerprint density at radius 3 is 2.72 bits per heavy atom. The summed E-state index contributed by atoms with van der Waals surface area (Å²) in [5.41, 5.74) is 0.759. The summed E-state index contributed by atoms with van der Waals surface area (Å²) in [7, 11) is 1.92. The van der Waals surface area contributed by atoms with Gasteiger partial charge in [-0.2, -0.15) is 0 Å². The van der Waals surface area contributed by atoms with E-state index in [1.54, 1.807) is 12.1 Å². The zero-order chi connectivity index (χ0) is 13.5. The van der Waals surface area contributed by atoms with Crippen LogP contribution in [0.25, 0.3) is 0 Å². The largest absolute Gasteiger partial charge is 0.317 e. The molecule has 1 atom stereocenters. The SMILES string of the molecule is CCCC(CCc1c(Cl)cccc1[N+](=O)[O-])NC. The van der Waals surface area contributed by atoms with Crippen molar-refractivity contribution in [3.8, 4) is 0 Å². The summed E-state index contributed by atoms with van der Waals surface area (Å²) in [4.78, 5) is 10.6. The Kier molecular flexibility index (Phi) is 6.09. The number of nitrogens with one attached hydrogen (secondary N) is 1. The number of nitro groups is 1. The van der Waals surface area contributed by atoms with E-state index in [9.17, 15) is 10.1 Å². The second-order valence-corrected chi connectivity index (χ2v) is 4.71. The van der Waals surface area contributed by atoms with Gasteiger partial charge >= 0.3 is 0 Å². The quantitative estimate of drug-likeness (QED) is 0.609. The van der Waals surface area contributed by atoms with Gasteiger partial charge in [-0.3, -0.25) is 10.1 Å². The van der Waals surface area contributed by atoms with E-state index < -0.39 is 0 Å². The molecule has 0 aliphatic rings. The van der Waals surface area contributed by atoms with Crippen molar-refractivity contribution in [1.82, 2.24) is 5.32 Å². The Labute approximate surface area is 112 Å². The first-order valence-corrected chi connectivity index (χ1v) is 6.57. The van der Waals surface area contributed by atoms with E-state index in [0.717, 1.165) is 19.3 Å². The summed E-state index contributed by atoms with van der Waals surface area (Å²) in [6.07, 6.45) is 3.64. The van der Waals surface area contributed by atoms with Crippen LogP contribution in [0.4, 0.5) is 5.69 Å². The van der Waals surface area contributed by atoms with Crippen LogP contribution in [0.15, 0.2) is 18.2 Å². The van der Waals surface area contributed by atoms with E-state index in [0.29, 0.717) is 23.0 Å². The lowest BCUT2D eigenvalue weighted by Gasteiger charge is -2.15. The second kappa shape index (κ2) is 7.34. The fourth-order valence-electron chi connectivity index (χ4n) is 2.07. The molecule has 4 nitrogen and oxygen atoms in total. The summed E-state index contributed by atoms with van der Waals surface area (Å²) in [5.74, 6) is 0. The average Bonchev–Trinajstić information content (AvgIpc) is 2.35. The highest BCUT2D eigenvalue weighted by molar-refractivity contribution is 6.31. The number of nitrogens with zero attached hydrogens (tertiary/aromatic N) is 1. The van der Waals surface area contributed by atoms with E-state index in [2.05, 4.69) is 12.2 Å². The van der Waals surface area contributed by atoms with Crippen molar-refractivity contribution in [3.63, 3.8) is 0 Å². The van der Waals surface area contributed by atoms with E-state index in [-0.39, 0.29) is 10.6 Å². The predicted molar refractivity (Wildman–Crippen MR) is 74.2 cm³/mol. The van der Waals surface area contributed by atoms with E-state index in [1.165, 1.54) is 6.07 Å². The lowest BCUT2D eigenvalue weighted by Crippen LogP contribution is -2.25. The van der Waals surface area contributed by atoms with Gasteiger partial charge in [0.1, 0.15) is 0 Å². The van der Waals surface area contributed by atoms with Gasteiger partial charge in [-0.1, -0.05) is 31.0 Å². The molecule has 100 valence electrons. The third kappa shape index (κ3) is 3.96. The molecule has 0 spiro atoms. The Balaban J connectivity index is 2.80. The Morgan fingerprint density at radius 1 is 1.44 bits per heavy atom. The maximum atomic E-state index is 10.9. The molecule has 0 radical (unpaired) electrons. The molecular formula is C13H19ClN2O2. The van der Waals surface area contributed by atoms with Crippen molar-refractivity contribution in [2.45, 2.75) is 38.6 Å².